The van der Waals surface area contributed by atoms with Gasteiger partial charge in [0.2, 0.25) is 0 Å². The SMILES string of the molecule is Cc1cc(Br)c2c(I)c[nH]c2n1. The number of halogens is 2. The molecule has 0 atom stereocenters. The third kappa shape index (κ3) is 1.26. The molecule has 0 aliphatic rings. The zero-order valence-corrected chi connectivity index (χ0v) is 10.1. The van der Waals surface area contributed by atoms with Crippen LogP contribution in [-0.2, 0) is 0 Å². The van der Waals surface area contributed by atoms with Gasteiger partial charge in [0.15, 0.2) is 0 Å². The maximum absolute atomic E-state index is 4.37. The lowest BCUT2D eigenvalue weighted by molar-refractivity contribution is 1.22. The topological polar surface area (TPSA) is 28.7 Å². The summed E-state index contributed by atoms with van der Waals surface area (Å²) in [4.78, 5) is 7.49. The molecule has 4 heteroatoms. The van der Waals surface area contributed by atoms with E-state index in [1.165, 1.54) is 8.96 Å². The number of aryl methyl sites for hydroxylation is 1. The van der Waals surface area contributed by atoms with Crippen molar-refractivity contribution in [3.8, 4) is 0 Å². The molecular formula is C8H6BrIN2. The maximum Gasteiger partial charge on any atom is 0.139 e. The number of hydrogen-bond donors (Lipinski definition) is 1. The first-order valence-corrected chi connectivity index (χ1v) is 5.35. The summed E-state index contributed by atoms with van der Waals surface area (Å²) in [5, 5.41) is 1.17. The van der Waals surface area contributed by atoms with Crippen LogP contribution in [-0.4, -0.2) is 9.97 Å². The average molecular weight is 337 g/mol. The van der Waals surface area contributed by atoms with Gasteiger partial charge in [0.25, 0.3) is 0 Å². The van der Waals surface area contributed by atoms with Crippen molar-refractivity contribution in [2.75, 3.05) is 0 Å². The monoisotopic (exact) mass is 336 g/mol. The number of nitrogens with one attached hydrogen (secondary N) is 1. The largest absolute Gasteiger partial charge is 0.345 e. The Bertz CT molecular complexity index is 436. The van der Waals surface area contributed by atoms with E-state index in [2.05, 4.69) is 48.5 Å². The van der Waals surface area contributed by atoms with Crippen molar-refractivity contribution in [2.45, 2.75) is 6.92 Å². The fraction of sp³-hybridized carbons (Fsp3) is 0.125. The van der Waals surface area contributed by atoms with Gasteiger partial charge in [-0.2, -0.15) is 0 Å². The quantitative estimate of drug-likeness (QED) is 0.735. The van der Waals surface area contributed by atoms with E-state index in [0.29, 0.717) is 0 Å². The summed E-state index contributed by atoms with van der Waals surface area (Å²) in [5.74, 6) is 0. The minimum absolute atomic E-state index is 0.950. The lowest BCUT2D eigenvalue weighted by Gasteiger charge is -1.96. The van der Waals surface area contributed by atoms with E-state index < -0.39 is 0 Å². The minimum atomic E-state index is 0.950. The highest BCUT2D eigenvalue weighted by Gasteiger charge is 2.06. The Morgan fingerprint density at radius 3 is 3.08 bits per heavy atom. The highest BCUT2D eigenvalue weighted by atomic mass is 127. The van der Waals surface area contributed by atoms with E-state index >= 15 is 0 Å². The number of fused-ring (bicyclic) bond motifs is 1. The molecule has 0 aliphatic carbocycles. The molecule has 0 fully saturated rings. The van der Waals surface area contributed by atoms with Crippen molar-refractivity contribution < 1.29 is 0 Å². The molecule has 2 aromatic heterocycles. The smallest absolute Gasteiger partial charge is 0.139 e. The van der Waals surface area contributed by atoms with E-state index in [9.17, 15) is 0 Å². The first-order chi connectivity index (χ1) is 5.68. The molecule has 62 valence electrons. The molecule has 0 bridgehead atoms. The van der Waals surface area contributed by atoms with Crippen LogP contribution in [0, 0.1) is 10.5 Å². The molecule has 0 aliphatic heterocycles. The molecule has 12 heavy (non-hydrogen) atoms. The summed E-state index contributed by atoms with van der Waals surface area (Å²) in [6, 6.07) is 2.03. The van der Waals surface area contributed by atoms with Crippen LogP contribution in [0.2, 0.25) is 0 Å². The van der Waals surface area contributed by atoms with Crippen LogP contribution in [0.15, 0.2) is 16.7 Å². The number of aromatic amines is 1. The molecule has 0 saturated carbocycles. The van der Waals surface area contributed by atoms with Crippen molar-refractivity contribution >= 4 is 49.6 Å². The summed E-state index contributed by atoms with van der Waals surface area (Å²) in [6.45, 7) is 1.98. The van der Waals surface area contributed by atoms with Crippen LogP contribution in [0.3, 0.4) is 0 Å². The van der Waals surface area contributed by atoms with Gasteiger partial charge in [-0.05, 0) is 51.5 Å². The van der Waals surface area contributed by atoms with Crippen molar-refractivity contribution in [3.05, 3.63) is 26.0 Å². The Balaban J connectivity index is 2.93. The number of hydrogen-bond acceptors (Lipinski definition) is 1. The lowest BCUT2D eigenvalue weighted by atomic mass is 10.3. The van der Waals surface area contributed by atoms with E-state index in [-0.39, 0.29) is 0 Å². The van der Waals surface area contributed by atoms with E-state index in [1.807, 2.05) is 19.2 Å². The Kier molecular flexibility index (Phi) is 2.12. The van der Waals surface area contributed by atoms with E-state index in [0.717, 1.165) is 15.8 Å². The van der Waals surface area contributed by atoms with Gasteiger partial charge < -0.3 is 4.98 Å². The molecule has 0 spiro atoms. The van der Waals surface area contributed by atoms with E-state index in [4.69, 9.17) is 0 Å². The highest BCUT2D eigenvalue weighted by molar-refractivity contribution is 14.1. The van der Waals surface area contributed by atoms with Gasteiger partial charge in [-0.3, -0.25) is 0 Å². The van der Waals surface area contributed by atoms with Gasteiger partial charge in [0.05, 0.1) is 0 Å². The van der Waals surface area contributed by atoms with Gasteiger partial charge in [0.1, 0.15) is 5.65 Å². The Hall–Kier alpha value is -0.100. The van der Waals surface area contributed by atoms with Crippen LogP contribution in [0.5, 0.6) is 0 Å². The second-order valence-electron chi connectivity index (χ2n) is 2.61. The standard InChI is InChI=1S/C8H6BrIN2/c1-4-2-5(9)7-6(10)3-11-8(7)12-4/h2-3H,1H3,(H,11,12). The second-order valence-corrected chi connectivity index (χ2v) is 4.62. The summed E-state index contributed by atoms with van der Waals surface area (Å²) < 4.78 is 2.30. The van der Waals surface area contributed by atoms with Crippen molar-refractivity contribution in [1.82, 2.24) is 9.97 Å². The molecule has 0 saturated heterocycles. The molecule has 2 aromatic rings. The van der Waals surface area contributed by atoms with Crippen LogP contribution in [0.25, 0.3) is 11.0 Å². The Labute approximate surface area is 92.0 Å². The summed E-state index contributed by atoms with van der Waals surface area (Å²) in [6.07, 6.45) is 1.96. The molecule has 2 heterocycles. The first kappa shape index (κ1) is 8.50. The van der Waals surface area contributed by atoms with Gasteiger partial charge in [0, 0.05) is 25.3 Å². The van der Waals surface area contributed by atoms with Crippen LogP contribution in [0.4, 0.5) is 0 Å². The first-order valence-electron chi connectivity index (χ1n) is 3.48. The van der Waals surface area contributed by atoms with Crippen LogP contribution in [0.1, 0.15) is 5.69 Å². The number of rotatable bonds is 0. The predicted octanol–water partition coefficient (Wildman–Crippen LogP) is 3.24. The van der Waals surface area contributed by atoms with Gasteiger partial charge in [-0.15, -0.1) is 0 Å². The van der Waals surface area contributed by atoms with Crippen LogP contribution >= 0.6 is 38.5 Å². The normalized spacial score (nSPS) is 10.9. The van der Waals surface area contributed by atoms with Gasteiger partial charge >= 0.3 is 0 Å². The van der Waals surface area contributed by atoms with E-state index in [1.54, 1.807) is 0 Å². The molecule has 0 aromatic carbocycles. The highest BCUT2D eigenvalue weighted by Crippen LogP contribution is 2.27. The summed E-state index contributed by atoms with van der Waals surface area (Å²) in [5.41, 5.74) is 1.97. The lowest BCUT2D eigenvalue weighted by Crippen LogP contribution is -1.82. The number of H-pyrrole nitrogens is 1. The molecule has 0 amide bonds. The summed E-state index contributed by atoms with van der Waals surface area (Å²) >= 11 is 5.80. The number of pyridine rings is 1. The van der Waals surface area contributed by atoms with Crippen molar-refractivity contribution in [1.29, 1.82) is 0 Å². The molecular weight excluding hydrogens is 331 g/mol. The Morgan fingerprint density at radius 1 is 1.58 bits per heavy atom. The maximum atomic E-state index is 4.37. The molecule has 2 rings (SSSR count). The fourth-order valence-electron chi connectivity index (χ4n) is 1.17. The summed E-state index contributed by atoms with van der Waals surface area (Å²) in [7, 11) is 0. The minimum Gasteiger partial charge on any atom is -0.345 e. The fourth-order valence-corrected chi connectivity index (χ4v) is 2.97. The zero-order chi connectivity index (χ0) is 8.72. The number of aromatic nitrogens is 2. The molecule has 0 radical (unpaired) electrons. The third-order valence-electron chi connectivity index (χ3n) is 1.67. The van der Waals surface area contributed by atoms with Gasteiger partial charge in [-0.25, -0.2) is 4.98 Å². The van der Waals surface area contributed by atoms with Gasteiger partial charge in [-0.1, -0.05) is 0 Å². The average Bonchev–Trinajstić information content (AvgIpc) is 2.31. The molecule has 2 nitrogen and oxygen atoms in total. The zero-order valence-electron chi connectivity index (χ0n) is 6.36. The Morgan fingerprint density at radius 2 is 2.33 bits per heavy atom. The predicted molar refractivity (Wildman–Crippen MR) is 61.2 cm³/mol. The second kappa shape index (κ2) is 2.99. The van der Waals surface area contributed by atoms with Crippen molar-refractivity contribution in [2.24, 2.45) is 0 Å². The van der Waals surface area contributed by atoms with Crippen LogP contribution < -0.4 is 0 Å². The number of nitrogens with zero attached hydrogens (tertiary/aromatic N) is 1. The molecule has 1 N–H and O–H groups in total. The molecule has 0 unspecified atom stereocenters. The third-order valence-corrected chi connectivity index (χ3v) is 3.15. The van der Waals surface area contributed by atoms with Crippen molar-refractivity contribution in [3.63, 3.8) is 0 Å².